The Bertz CT molecular complexity index is 653. The normalized spacial score (nSPS) is 19.6. The molecule has 3 rings (SSSR count). The highest BCUT2D eigenvalue weighted by Gasteiger charge is 2.40. The van der Waals surface area contributed by atoms with Crippen molar-refractivity contribution in [1.29, 1.82) is 0 Å². The van der Waals surface area contributed by atoms with Crippen LogP contribution in [0.3, 0.4) is 0 Å². The summed E-state index contributed by atoms with van der Waals surface area (Å²) in [6.45, 7) is 4.49. The van der Waals surface area contributed by atoms with Crippen molar-refractivity contribution in [2.45, 2.75) is 57.5 Å². The third-order valence-electron chi connectivity index (χ3n) is 4.97. The number of ether oxygens (including phenoxy) is 2. The molecule has 1 aromatic carbocycles. The number of nitrogens with one attached hydrogen (secondary N) is 2. The second-order valence-electron chi connectivity index (χ2n) is 6.92. The lowest BCUT2D eigenvalue weighted by Crippen LogP contribution is -2.59. The van der Waals surface area contributed by atoms with E-state index in [4.69, 9.17) is 9.47 Å². The molecule has 0 bridgehead atoms. The molecule has 1 saturated carbocycles. The van der Waals surface area contributed by atoms with Gasteiger partial charge in [0.15, 0.2) is 11.5 Å². The average molecular weight is 346 g/mol. The second-order valence-corrected chi connectivity index (χ2v) is 6.92. The van der Waals surface area contributed by atoms with Gasteiger partial charge in [0.2, 0.25) is 11.8 Å². The Morgan fingerprint density at radius 2 is 1.76 bits per heavy atom. The first-order chi connectivity index (χ1) is 12.0. The maximum absolute atomic E-state index is 12.9. The van der Waals surface area contributed by atoms with E-state index < -0.39 is 5.54 Å². The molecule has 2 amide bonds. The molecule has 25 heavy (non-hydrogen) atoms. The van der Waals surface area contributed by atoms with Crippen LogP contribution >= 0.6 is 0 Å². The molecule has 0 radical (unpaired) electrons. The van der Waals surface area contributed by atoms with Crippen molar-refractivity contribution in [2.24, 2.45) is 0 Å². The SMILES string of the molecule is CC(=O)NC1(C(=O)NC(C)c2ccc3c(c2)OCCO3)CCCCC1. The maximum Gasteiger partial charge on any atom is 0.246 e. The van der Waals surface area contributed by atoms with Gasteiger partial charge in [-0.3, -0.25) is 9.59 Å². The molecule has 1 unspecified atom stereocenters. The highest BCUT2D eigenvalue weighted by atomic mass is 16.6. The topological polar surface area (TPSA) is 76.7 Å². The zero-order chi connectivity index (χ0) is 17.9. The zero-order valence-corrected chi connectivity index (χ0v) is 14.9. The number of carbonyl (C=O) groups is 2. The molecule has 2 N–H and O–H groups in total. The summed E-state index contributed by atoms with van der Waals surface area (Å²) in [6, 6.07) is 5.53. The van der Waals surface area contributed by atoms with Crippen LogP contribution in [0.15, 0.2) is 18.2 Å². The summed E-state index contributed by atoms with van der Waals surface area (Å²) in [5.74, 6) is 1.17. The van der Waals surface area contributed by atoms with Gasteiger partial charge in [-0.15, -0.1) is 0 Å². The van der Waals surface area contributed by atoms with Gasteiger partial charge in [-0.1, -0.05) is 25.3 Å². The van der Waals surface area contributed by atoms with Crippen LogP contribution in [0.2, 0.25) is 0 Å². The molecule has 136 valence electrons. The van der Waals surface area contributed by atoms with Gasteiger partial charge in [0.25, 0.3) is 0 Å². The lowest BCUT2D eigenvalue weighted by atomic mass is 9.80. The minimum atomic E-state index is -0.786. The van der Waals surface area contributed by atoms with E-state index in [1.54, 1.807) is 0 Å². The van der Waals surface area contributed by atoms with Crippen molar-refractivity contribution in [1.82, 2.24) is 10.6 Å². The number of amides is 2. The van der Waals surface area contributed by atoms with Crippen LogP contribution in [-0.4, -0.2) is 30.6 Å². The Kier molecular flexibility index (Phi) is 5.16. The van der Waals surface area contributed by atoms with Crippen molar-refractivity contribution in [2.75, 3.05) is 13.2 Å². The van der Waals surface area contributed by atoms with Crippen molar-refractivity contribution >= 4 is 11.8 Å². The van der Waals surface area contributed by atoms with E-state index in [0.29, 0.717) is 31.8 Å². The number of hydrogen-bond acceptors (Lipinski definition) is 4. The van der Waals surface area contributed by atoms with E-state index in [9.17, 15) is 9.59 Å². The molecular formula is C19H26N2O4. The van der Waals surface area contributed by atoms with E-state index >= 15 is 0 Å². The number of carbonyl (C=O) groups excluding carboxylic acids is 2. The molecule has 6 heteroatoms. The molecule has 1 atom stereocenters. The number of rotatable bonds is 4. The van der Waals surface area contributed by atoms with Crippen LogP contribution in [-0.2, 0) is 9.59 Å². The summed E-state index contributed by atoms with van der Waals surface area (Å²) in [4.78, 5) is 24.6. The molecule has 1 fully saturated rings. The van der Waals surface area contributed by atoms with Crippen LogP contribution in [0.4, 0.5) is 0 Å². The summed E-state index contributed by atoms with van der Waals surface area (Å²) in [6.07, 6.45) is 4.38. The zero-order valence-electron chi connectivity index (χ0n) is 14.9. The maximum atomic E-state index is 12.9. The lowest BCUT2D eigenvalue weighted by molar-refractivity contribution is -0.134. The van der Waals surface area contributed by atoms with Gasteiger partial charge in [-0.25, -0.2) is 0 Å². The third kappa shape index (κ3) is 3.89. The molecule has 0 saturated heterocycles. The summed E-state index contributed by atoms with van der Waals surface area (Å²) >= 11 is 0. The summed E-state index contributed by atoms with van der Waals surface area (Å²) in [5, 5.41) is 5.97. The molecule has 0 spiro atoms. The molecular weight excluding hydrogens is 320 g/mol. The molecule has 0 aromatic heterocycles. The first-order valence-electron chi connectivity index (χ1n) is 8.99. The third-order valence-corrected chi connectivity index (χ3v) is 4.97. The van der Waals surface area contributed by atoms with Gasteiger partial charge >= 0.3 is 0 Å². The Labute approximate surface area is 148 Å². The van der Waals surface area contributed by atoms with Crippen molar-refractivity contribution in [3.05, 3.63) is 23.8 Å². The predicted octanol–water partition coefficient (Wildman–Crippen LogP) is 2.47. The minimum absolute atomic E-state index is 0.107. The van der Waals surface area contributed by atoms with Crippen LogP contribution in [0.1, 0.15) is 57.6 Å². The summed E-state index contributed by atoms with van der Waals surface area (Å²) in [5.41, 5.74) is 0.165. The second kappa shape index (κ2) is 7.33. The van der Waals surface area contributed by atoms with Crippen molar-refractivity contribution in [3.63, 3.8) is 0 Å². The fraction of sp³-hybridized carbons (Fsp3) is 0.579. The van der Waals surface area contributed by atoms with Crippen LogP contribution in [0.25, 0.3) is 0 Å². The molecule has 2 aliphatic rings. The monoisotopic (exact) mass is 346 g/mol. The molecule has 1 aliphatic carbocycles. The molecule has 1 aliphatic heterocycles. The Morgan fingerprint density at radius 1 is 1.08 bits per heavy atom. The Morgan fingerprint density at radius 3 is 2.44 bits per heavy atom. The molecule has 1 aromatic rings. The van der Waals surface area contributed by atoms with Crippen LogP contribution in [0.5, 0.6) is 11.5 Å². The average Bonchev–Trinajstić information content (AvgIpc) is 2.61. The first kappa shape index (κ1) is 17.6. The van der Waals surface area contributed by atoms with Gasteiger partial charge in [0.05, 0.1) is 6.04 Å². The van der Waals surface area contributed by atoms with Gasteiger partial charge in [-0.05, 0) is 37.5 Å². The van der Waals surface area contributed by atoms with E-state index in [-0.39, 0.29) is 17.9 Å². The van der Waals surface area contributed by atoms with Gasteiger partial charge in [0.1, 0.15) is 18.8 Å². The number of fused-ring (bicyclic) bond motifs is 1. The minimum Gasteiger partial charge on any atom is -0.486 e. The van der Waals surface area contributed by atoms with E-state index in [2.05, 4.69) is 10.6 Å². The fourth-order valence-corrected chi connectivity index (χ4v) is 3.65. The van der Waals surface area contributed by atoms with Crippen molar-refractivity contribution in [3.8, 4) is 11.5 Å². The highest BCUT2D eigenvalue weighted by Crippen LogP contribution is 2.33. The number of hydrogen-bond donors (Lipinski definition) is 2. The molecule has 6 nitrogen and oxygen atoms in total. The largest absolute Gasteiger partial charge is 0.486 e. The van der Waals surface area contributed by atoms with Gasteiger partial charge in [-0.2, -0.15) is 0 Å². The number of benzene rings is 1. The van der Waals surface area contributed by atoms with Gasteiger partial charge < -0.3 is 20.1 Å². The fourth-order valence-electron chi connectivity index (χ4n) is 3.65. The van der Waals surface area contributed by atoms with E-state index in [1.807, 2.05) is 25.1 Å². The van der Waals surface area contributed by atoms with Crippen molar-refractivity contribution < 1.29 is 19.1 Å². The Balaban J connectivity index is 1.73. The smallest absolute Gasteiger partial charge is 0.246 e. The predicted molar refractivity (Wildman–Crippen MR) is 93.6 cm³/mol. The Hall–Kier alpha value is -2.24. The van der Waals surface area contributed by atoms with E-state index in [1.165, 1.54) is 6.92 Å². The van der Waals surface area contributed by atoms with E-state index in [0.717, 1.165) is 30.6 Å². The van der Waals surface area contributed by atoms with Crippen LogP contribution < -0.4 is 20.1 Å². The quantitative estimate of drug-likeness (QED) is 0.878. The standard InChI is InChI=1S/C19H26N2O4/c1-13(15-6-7-16-17(12-15)25-11-10-24-16)20-18(23)19(21-14(2)22)8-4-3-5-9-19/h6-7,12-13H,3-5,8-11H2,1-2H3,(H,20,23)(H,21,22). The highest BCUT2D eigenvalue weighted by molar-refractivity contribution is 5.91. The summed E-state index contributed by atoms with van der Waals surface area (Å²) < 4.78 is 11.1. The van der Waals surface area contributed by atoms with Gasteiger partial charge in [0, 0.05) is 6.92 Å². The van der Waals surface area contributed by atoms with Crippen LogP contribution in [0, 0.1) is 0 Å². The lowest BCUT2D eigenvalue weighted by Gasteiger charge is -2.37. The first-order valence-corrected chi connectivity index (χ1v) is 8.99. The molecule has 1 heterocycles. The summed E-state index contributed by atoms with van der Waals surface area (Å²) in [7, 11) is 0.